The minimum Gasteiger partial charge on any atom is -0.496 e. The lowest BCUT2D eigenvalue weighted by molar-refractivity contribution is -0.134. The van der Waals surface area contributed by atoms with Crippen molar-refractivity contribution in [2.24, 2.45) is 5.92 Å². The highest BCUT2D eigenvalue weighted by atomic mass is 32.2. The van der Waals surface area contributed by atoms with E-state index in [1.807, 2.05) is 41.1 Å². The molecule has 67 heavy (non-hydrogen) atoms. The first-order valence-electron chi connectivity index (χ1n) is 22.3. The molecule has 5 aromatic rings. The van der Waals surface area contributed by atoms with Gasteiger partial charge in [0.15, 0.2) is 5.82 Å². The summed E-state index contributed by atoms with van der Waals surface area (Å²) < 4.78 is 78.7. The van der Waals surface area contributed by atoms with Crippen LogP contribution in [-0.4, -0.2) is 129 Å². The minimum atomic E-state index is -4.36. The Labute approximate surface area is 385 Å². The molecule has 16 nitrogen and oxygen atoms in total. The molecule has 2 atom stereocenters. The number of amides is 3. The van der Waals surface area contributed by atoms with Crippen LogP contribution in [0.5, 0.6) is 5.75 Å². The van der Waals surface area contributed by atoms with E-state index in [1.54, 1.807) is 18.3 Å². The Morgan fingerprint density at radius 2 is 1.58 bits per heavy atom. The van der Waals surface area contributed by atoms with Gasteiger partial charge in [0.05, 0.1) is 23.9 Å². The largest absolute Gasteiger partial charge is 0.496 e. The Bertz CT molecular complexity index is 2830. The number of benzene rings is 3. The summed E-state index contributed by atoms with van der Waals surface area (Å²) in [5.74, 6) is -3.90. The minimum absolute atomic E-state index is 0.000786. The number of H-pyrrole nitrogens is 1. The molecule has 6 heterocycles. The monoisotopic (exact) mass is 941 g/mol. The number of piperidine rings is 2. The average molecular weight is 942 g/mol. The predicted molar refractivity (Wildman–Crippen MR) is 245 cm³/mol. The van der Waals surface area contributed by atoms with Crippen LogP contribution < -0.4 is 29.9 Å². The number of rotatable bonds is 13. The maximum atomic E-state index is 15.8. The molecule has 2 aromatic heterocycles. The van der Waals surface area contributed by atoms with Gasteiger partial charge in [-0.25, -0.2) is 18.2 Å². The predicted octanol–water partition coefficient (Wildman–Crippen LogP) is 5.02. The number of fused-ring (bicyclic) bond motifs is 1. The van der Waals surface area contributed by atoms with Crippen LogP contribution in [0.25, 0.3) is 22.2 Å². The topological polar surface area (TPSA) is 189 Å². The number of ether oxygens (including phenoxy) is 1. The Kier molecular flexibility index (Phi) is 12.9. The zero-order chi connectivity index (χ0) is 47.0. The van der Waals surface area contributed by atoms with Gasteiger partial charge >= 0.3 is 10.2 Å². The quantitative estimate of drug-likeness (QED) is 0.0917. The fraction of sp³-hybridized carbons (Fsp3) is 0.383. The smallest absolute Gasteiger partial charge is 0.301 e. The van der Waals surface area contributed by atoms with Crippen LogP contribution in [0.1, 0.15) is 58.4 Å². The van der Waals surface area contributed by atoms with Crippen molar-refractivity contribution in [1.82, 2.24) is 29.8 Å². The number of alkyl halides is 1. The number of aromatic amines is 1. The Morgan fingerprint density at radius 1 is 0.851 bits per heavy atom. The van der Waals surface area contributed by atoms with Crippen molar-refractivity contribution in [2.45, 2.75) is 44.3 Å². The molecule has 4 saturated heterocycles. The summed E-state index contributed by atoms with van der Waals surface area (Å²) in [6, 6.07) is 16.1. The number of nitrogens with zero attached hydrogens (tertiary/aromatic N) is 5. The van der Waals surface area contributed by atoms with E-state index in [0.717, 1.165) is 92.0 Å². The maximum absolute atomic E-state index is 15.8. The van der Waals surface area contributed by atoms with E-state index in [2.05, 4.69) is 35.3 Å². The summed E-state index contributed by atoms with van der Waals surface area (Å²) in [6.45, 7) is 5.80. The van der Waals surface area contributed by atoms with E-state index in [0.29, 0.717) is 33.8 Å². The number of carbonyl (C=O) groups is 4. The normalized spacial score (nSPS) is 20.0. The second-order valence-corrected chi connectivity index (χ2v) is 19.1. The number of piperazine rings is 1. The van der Waals surface area contributed by atoms with Gasteiger partial charge in [0.25, 0.3) is 5.91 Å². The van der Waals surface area contributed by atoms with Gasteiger partial charge in [0.2, 0.25) is 17.6 Å². The number of carbonyl (C=O) groups excluding carboxylic acids is 4. The van der Waals surface area contributed by atoms with Crippen LogP contribution >= 0.6 is 0 Å². The summed E-state index contributed by atoms with van der Waals surface area (Å²) in [7, 11) is -2.85. The van der Waals surface area contributed by atoms with Crippen LogP contribution in [0.2, 0.25) is 0 Å². The van der Waals surface area contributed by atoms with E-state index >= 15 is 8.78 Å². The molecule has 1 unspecified atom stereocenters. The molecule has 4 aliphatic heterocycles. The Morgan fingerprint density at radius 3 is 2.28 bits per heavy atom. The van der Waals surface area contributed by atoms with Gasteiger partial charge in [-0.1, -0.05) is 12.1 Å². The second kappa shape index (κ2) is 19.0. The number of aromatic nitrogens is 2. The molecule has 4 fully saturated rings. The second-order valence-electron chi connectivity index (χ2n) is 17.4. The number of imide groups is 1. The summed E-state index contributed by atoms with van der Waals surface area (Å²) in [5, 5.41) is 5.30. The number of pyridine rings is 1. The Hall–Kier alpha value is -6.51. The summed E-state index contributed by atoms with van der Waals surface area (Å²) in [4.78, 5) is 65.0. The van der Waals surface area contributed by atoms with Gasteiger partial charge in [0.1, 0.15) is 29.4 Å². The number of nitrogens with one attached hydrogen (secondary N) is 4. The molecule has 352 valence electrons. The first-order valence-corrected chi connectivity index (χ1v) is 23.8. The third kappa shape index (κ3) is 9.68. The van der Waals surface area contributed by atoms with Gasteiger partial charge < -0.3 is 24.8 Å². The lowest BCUT2D eigenvalue weighted by Crippen LogP contribution is -2.52. The number of hydrogen-bond acceptors (Lipinski definition) is 11. The molecule has 4 N–H and O–H groups in total. The lowest BCUT2D eigenvalue weighted by Gasteiger charge is -2.40. The number of methoxy groups -OCH3 is 1. The van der Waals surface area contributed by atoms with Crippen LogP contribution in [0.3, 0.4) is 0 Å². The van der Waals surface area contributed by atoms with E-state index in [4.69, 9.17) is 4.74 Å². The molecule has 4 aliphatic rings. The van der Waals surface area contributed by atoms with Gasteiger partial charge in [0, 0.05) is 112 Å². The third-order valence-corrected chi connectivity index (χ3v) is 14.7. The van der Waals surface area contributed by atoms with E-state index in [1.165, 1.54) is 13.3 Å². The maximum Gasteiger partial charge on any atom is 0.301 e. The van der Waals surface area contributed by atoms with Crippen molar-refractivity contribution < 1.29 is 45.5 Å². The first kappa shape index (κ1) is 45.6. The molecule has 3 aromatic carbocycles. The van der Waals surface area contributed by atoms with Gasteiger partial charge in [-0.3, -0.25) is 34.1 Å². The molecule has 0 spiro atoms. The molecule has 20 heteroatoms. The molecule has 0 saturated carbocycles. The van der Waals surface area contributed by atoms with Crippen molar-refractivity contribution in [1.29, 1.82) is 0 Å². The number of hydrogen-bond donors (Lipinski definition) is 4. The van der Waals surface area contributed by atoms with Crippen molar-refractivity contribution in [3.05, 3.63) is 101 Å². The highest BCUT2D eigenvalue weighted by Crippen LogP contribution is 2.33. The zero-order valence-corrected chi connectivity index (χ0v) is 37.5. The molecule has 0 aliphatic carbocycles. The van der Waals surface area contributed by atoms with Gasteiger partial charge in [-0.15, -0.1) is 0 Å². The number of ketones is 1. The fourth-order valence-corrected chi connectivity index (χ4v) is 10.6. The first-order chi connectivity index (χ1) is 32.2. The highest BCUT2D eigenvalue weighted by Gasteiger charge is 2.34. The van der Waals surface area contributed by atoms with Gasteiger partial charge in [-0.2, -0.15) is 12.7 Å². The average Bonchev–Trinajstić information content (AvgIpc) is 3.98. The highest BCUT2D eigenvalue weighted by molar-refractivity contribution is 7.90. The van der Waals surface area contributed by atoms with Crippen LogP contribution in [0, 0.1) is 17.6 Å². The third-order valence-electron chi connectivity index (χ3n) is 13.2. The molecule has 0 radical (unpaired) electrons. The zero-order valence-electron chi connectivity index (χ0n) is 36.7. The van der Waals surface area contributed by atoms with E-state index < -0.39 is 62.9 Å². The van der Waals surface area contributed by atoms with Crippen LogP contribution in [0.15, 0.2) is 73.1 Å². The van der Waals surface area contributed by atoms with Gasteiger partial charge in [-0.05, 0) is 79.6 Å². The SMILES string of the molecule is COc1cc(N2CCC(CN3CCN(c4ccc(-c5cnc6[nH]cc(C(=O)c7c(F)ccc(NS(=O)(=O)N8CC[C@@H](F)C8)c7F)c6c5)cc4)CC3)CC2)ccc1C(=O)NC1CCC(=O)NC1=O. The molecular formula is C47H50F3N9O7S. The number of anilines is 3. The van der Waals surface area contributed by atoms with Crippen molar-refractivity contribution in [3.8, 4) is 16.9 Å². The van der Waals surface area contributed by atoms with Crippen molar-refractivity contribution in [3.63, 3.8) is 0 Å². The number of halogens is 3. The van der Waals surface area contributed by atoms with Crippen LogP contribution in [0.4, 0.5) is 30.2 Å². The van der Waals surface area contributed by atoms with Crippen LogP contribution in [-0.2, 0) is 19.8 Å². The molecule has 3 amide bonds. The van der Waals surface area contributed by atoms with E-state index in [9.17, 15) is 32.0 Å². The molecule has 0 bridgehead atoms. The Balaban J connectivity index is 0.778. The van der Waals surface area contributed by atoms with Crippen molar-refractivity contribution in [2.75, 3.05) is 80.5 Å². The summed E-state index contributed by atoms with van der Waals surface area (Å²) >= 11 is 0. The summed E-state index contributed by atoms with van der Waals surface area (Å²) in [5.41, 5.74) is 2.54. The molecular weight excluding hydrogens is 892 g/mol. The standard InChI is InChI=1S/C47H50F3N9O7S/c1-66-40-23-33(6-7-34(40)46(62)53-39-10-11-41(60)54-47(39)63)57-15-12-28(13-16-57)26-56-18-20-58(21-19-56)32-4-2-29(3-5-32)30-22-35-36(25-52-45(35)51-24-30)44(61)42-37(49)8-9-38(43(42)50)55-67(64,65)59-17-14-31(48)27-59/h2-9,22-25,28,31,39,55H,10-21,26-27H2,1H3,(H,51,52)(H,53,62)(H,54,60,63)/t31-,39?/m1/s1. The summed E-state index contributed by atoms with van der Waals surface area (Å²) in [6.07, 6.45) is 4.07. The van der Waals surface area contributed by atoms with E-state index in [-0.39, 0.29) is 43.8 Å². The molecule has 9 rings (SSSR count). The fourth-order valence-electron chi connectivity index (χ4n) is 9.36. The van der Waals surface area contributed by atoms with Crippen molar-refractivity contribution >= 4 is 61.8 Å². The lowest BCUT2D eigenvalue weighted by atomic mass is 9.95.